The van der Waals surface area contributed by atoms with Crippen LogP contribution in [-0.4, -0.2) is 51.9 Å². The second-order valence-electron chi connectivity index (χ2n) is 7.92. The van der Waals surface area contributed by atoms with Gasteiger partial charge in [-0.25, -0.2) is 0 Å². The molecule has 2 amide bonds. The summed E-state index contributed by atoms with van der Waals surface area (Å²) >= 11 is 5.38. The van der Waals surface area contributed by atoms with E-state index in [0.717, 1.165) is 61.1 Å². The standard InChI is InChI=1S/C21H27BrN2O2S/c22-18-8-4-7-17(15-18)19(25)23-11-9-21(10-12-23)24(13-14-27-21)20(26)16-5-2-1-3-6-16/h4,7-8,15-16H,1-3,5-6,9-14H2. The number of benzene rings is 1. The highest BCUT2D eigenvalue weighted by molar-refractivity contribution is 9.10. The van der Waals surface area contributed by atoms with Crippen molar-refractivity contribution in [3.8, 4) is 0 Å². The molecule has 0 atom stereocenters. The second kappa shape index (κ2) is 8.16. The average molecular weight is 451 g/mol. The highest BCUT2D eigenvalue weighted by Gasteiger charge is 2.48. The predicted octanol–water partition coefficient (Wildman–Crippen LogP) is 4.54. The van der Waals surface area contributed by atoms with Crippen LogP contribution in [0.25, 0.3) is 0 Å². The predicted molar refractivity (Wildman–Crippen MR) is 113 cm³/mol. The molecule has 1 saturated carbocycles. The van der Waals surface area contributed by atoms with Crippen molar-refractivity contribution in [1.29, 1.82) is 0 Å². The first kappa shape index (κ1) is 19.3. The molecule has 0 radical (unpaired) electrons. The highest BCUT2D eigenvalue weighted by Crippen LogP contribution is 2.45. The van der Waals surface area contributed by atoms with E-state index < -0.39 is 0 Å². The lowest BCUT2D eigenvalue weighted by atomic mass is 9.87. The third-order valence-corrected chi connectivity index (χ3v) is 8.35. The molecule has 1 aromatic carbocycles. The largest absolute Gasteiger partial charge is 0.338 e. The maximum Gasteiger partial charge on any atom is 0.253 e. The van der Waals surface area contributed by atoms with Gasteiger partial charge in [0.15, 0.2) is 0 Å². The minimum absolute atomic E-state index is 0.0808. The first-order chi connectivity index (χ1) is 13.1. The summed E-state index contributed by atoms with van der Waals surface area (Å²) in [4.78, 5) is 30.1. The van der Waals surface area contributed by atoms with Crippen molar-refractivity contribution in [2.45, 2.75) is 49.8 Å². The van der Waals surface area contributed by atoms with Gasteiger partial charge in [-0.2, -0.15) is 0 Å². The van der Waals surface area contributed by atoms with E-state index in [1.54, 1.807) is 0 Å². The smallest absolute Gasteiger partial charge is 0.253 e. The zero-order chi connectivity index (χ0) is 18.9. The van der Waals surface area contributed by atoms with Crippen LogP contribution in [0.5, 0.6) is 0 Å². The molecule has 1 aliphatic carbocycles. The number of thioether (sulfide) groups is 1. The van der Waals surface area contributed by atoms with Crippen LogP contribution < -0.4 is 0 Å². The minimum Gasteiger partial charge on any atom is -0.338 e. The molecule has 3 aliphatic rings. The molecule has 27 heavy (non-hydrogen) atoms. The van der Waals surface area contributed by atoms with Gasteiger partial charge in [0, 0.05) is 41.3 Å². The summed E-state index contributed by atoms with van der Waals surface area (Å²) in [6.45, 7) is 2.33. The zero-order valence-electron chi connectivity index (χ0n) is 15.7. The van der Waals surface area contributed by atoms with Gasteiger partial charge >= 0.3 is 0 Å². The van der Waals surface area contributed by atoms with Crippen LogP contribution in [0.15, 0.2) is 28.7 Å². The minimum atomic E-state index is -0.0808. The van der Waals surface area contributed by atoms with E-state index in [1.807, 2.05) is 40.9 Å². The molecular formula is C21H27BrN2O2S. The van der Waals surface area contributed by atoms with Crippen molar-refractivity contribution in [3.05, 3.63) is 34.3 Å². The number of rotatable bonds is 2. The number of hydrogen-bond donors (Lipinski definition) is 0. The summed E-state index contributed by atoms with van der Waals surface area (Å²) in [5.41, 5.74) is 0.731. The van der Waals surface area contributed by atoms with E-state index in [4.69, 9.17) is 0 Å². The Bertz CT molecular complexity index is 712. The quantitative estimate of drug-likeness (QED) is 0.663. The normalized spacial score (nSPS) is 23.0. The van der Waals surface area contributed by atoms with Crippen LogP contribution in [-0.2, 0) is 4.79 Å². The average Bonchev–Trinajstić information content (AvgIpc) is 3.11. The summed E-state index contributed by atoms with van der Waals surface area (Å²) in [6, 6.07) is 7.60. The van der Waals surface area contributed by atoms with Crippen molar-refractivity contribution in [1.82, 2.24) is 9.80 Å². The molecule has 0 bridgehead atoms. The van der Waals surface area contributed by atoms with E-state index >= 15 is 0 Å². The third-order valence-electron chi connectivity index (χ3n) is 6.30. The van der Waals surface area contributed by atoms with E-state index in [-0.39, 0.29) is 16.7 Å². The monoisotopic (exact) mass is 450 g/mol. The molecule has 2 saturated heterocycles. The number of amides is 2. The maximum absolute atomic E-state index is 13.2. The number of likely N-dealkylation sites (tertiary alicyclic amines) is 1. The number of halogens is 1. The van der Waals surface area contributed by atoms with Crippen LogP contribution in [0.4, 0.5) is 0 Å². The third kappa shape index (κ3) is 3.93. The first-order valence-corrected chi connectivity index (χ1v) is 11.9. The SMILES string of the molecule is O=C(c1cccc(Br)c1)N1CCC2(CC1)SCCN2C(=O)C1CCCCC1. The molecule has 3 fully saturated rings. The molecule has 0 aromatic heterocycles. The molecule has 6 heteroatoms. The molecule has 2 heterocycles. The van der Waals surface area contributed by atoms with Gasteiger partial charge in [0.2, 0.25) is 5.91 Å². The van der Waals surface area contributed by atoms with Gasteiger partial charge < -0.3 is 9.80 Å². The van der Waals surface area contributed by atoms with E-state index in [2.05, 4.69) is 20.8 Å². The van der Waals surface area contributed by atoms with Gasteiger partial charge in [0.1, 0.15) is 0 Å². The number of carbonyl (C=O) groups is 2. The molecule has 0 unspecified atom stereocenters. The Hall–Kier alpha value is -1.01. The van der Waals surface area contributed by atoms with Crippen LogP contribution in [0.3, 0.4) is 0 Å². The fraction of sp³-hybridized carbons (Fsp3) is 0.619. The lowest BCUT2D eigenvalue weighted by molar-refractivity contribution is -0.140. The second-order valence-corrected chi connectivity index (χ2v) is 10.3. The number of piperidine rings is 1. The topological polar surface area (TPSA) is 40.6 Å². The summed E-state index contributed by atoms with van der Waals surface area (Å²) in [6.07, 6.45) is 7.55. The summed E-state index contributed by atoms with van der Waals surface area (Å²) in [5, 5.41) is 0. The molecule has 4 nitrogen and oxygen atoms in total. The molecule has 1 spiro atoms. The molecule has 0 N–H and O–H groups in total. The van der Waals surface area contributed by atoms with Crippen LogP contribution in [0.1, 0.15) is 55.3 Å². The van der Waals surface area contributed by atoms with Gasteiger partial charge in [0.05, 0.1) is 4.87 Å². The Labute approximate surface area is 174 Å². The Morgan fingerprint density at radius 1 is 1.07 bits per heavy atom. The molecule has 146 valence electrons. The Morgan fingerprint density at radius 3 is 2.52 bits per heavy atom. The molecular weight excluding hydrogens is 424 g/mol. The van der Waals surface area contributed by atoms with Crippen molar-refractivity contribution in [2.75, 3.05) is 25.4 Å². The van der Waals surface area contributed by atoms with E-state index in [1.165, 1.54) is 19.3 Å². The number of nitrogens with zero attached hydrogens (tertiary/aromatic N) is 2. The molecule has 2 aliphatic heterocycles. The van der Waals surface area contributed by atoms with Gasteiger partial charge in [0.25, 0.3) is 5.91 Å². The zero-order valence-corrected chi connectivity index (χ0v) is 18.1. The molecule has 1 aromatic rings. The summed E-state index contributed by atoms with van der Waals surface area (Å²) in [7, 11) is 0. The molecule has 4 rings (SSSR count). The van der Waals surface area contributed by atoms with E-state index in [9.17, 15) is 9.59 Å². The van der Waals surface area contributed by atoms with Crippen LogP contribution >= 0.6 is 27.7 Å². The Morgan fingerprint density at radius 2 is 1.81 bits per heavy atom. The van der Waals surface area contributed by atoms with Crippen molar-refractivity contribution in [3.63, 3.8) is 0 Å². The van der Waals surface area contributed by atoms with E-state index in [0.29, 0.717) is 5.91 Å². The van der Waals surface area contributed by atoms with Gasteiger partial charge in [-0.15, -0.1) is 11.8 Å². The fourth-order valence-electron chi connectivity index (χ4n) is 4.77. The lowest BCUT2D eigenvalue weighted by Crippen LogP contribution is -2.55. The van der Waals surface area contributed by atoms with Gasteiger partial charge in [-0.05, 0) is 43.9 Å². The number of hydrogen-bond acceptors (Lipinski definition) is 3. The van der Waals surface area contributed by atoms with Crippen LogP contribution in [0.2, 0.25) is 0 Å². The highest BCUT2D eigenvalue weighted by atomic mass is 79.9. The maximum atomic E-state index is 13.2. The van der Waals surface area contributed by atoms with Crippen molar-refractivity contribution < 1.29 is 9.59 Å². The first-order valence-electron chi connectivity index (χ1n) is 10.1. The lowest BCUT2D eigenvalue weighted by Gasteiger charge is -2.45. The summed E-state index contributed by atoms with van der Waals surface area (Å²) < 4.78 is 0.928. The summed E-state index contributed by atoms with van der Waals surface area (Å²) in [5.74, 6) is 1.74. The van der Waals surface area contributed by atoms with Crippen molar-refractivity contribution >= 4 is 39.5 Å². The van der Waals surface area contributed by atoms with Crippen LogP contribution in [0, 0.1) is 5.92 Å². The van der Waals surface area contributed by atoms with Crippen molar-refractivity contribution in [2.24, 2.45) is 5.92 Å². The van der Waals surface area contributed by atoms with Gasteiger partial charge in [-0.1, -0.05) is 41.3 Å². The Balaban J connectivity index is 1.42. The van der Waals surface area contributed by atoms with Gasteiger partial charge in [-0.3, -0.25) is 9.59 Å². The Kier molecular flexibility index (Phi) is 5.83. The number of carbonyl (C=O) groups excluding carboxylic acids is 2. The fourth-order valence-corrected chi connectivity index (χ4v) is 6.63.